The molecule has 0 radical (unpaired) electrons. The topological polar surface area (TPSA) is 78.1 Å². The number of hydrogen-bond acceptors (Lipinski definition) is 4. The summed E-state index contributed by atoms with van der Waals surface area (Å²) in [5, 5.41) is 10.3. The molecule has 0 amide bonds. The fourth-order valence-electron chi connectivity index (χ4n) is 2.96. The van der Waals surface area contributed by atoms with Crippen molar-refractivity contribution in [3.63, 3.8) is 0 Å². The average Bonchev–Trinajstić information content (AvgIpc) is 2.77. The molecule has 0 spiro atoms. The van der Waals surface area contributed by atoms with Crippen LogP contribution < -0.4 is 5.32 Å². The first-order chi connectivity index (χ1) is 9.87. The van der Waals surface area contributed by atoms with E-state index < -0.39 is 10.0 Å². The third-order valence-corrected chi connectivity index (χ3v) is 6.20. The van der Waals surface area contributed by atoms with Crippen molar-refractivity contribution in [1.29, 1.82) is 0 Å². The average molecular weight is 314 g/mol. The van der Waals surface area contributed by atoms with Gasteiger partial charge in [0.05, 0.1) is 0 Å². The molecule has 0 bridgehead atoms. The van der Waals surface area contributed by atoms with E-state index in [1.807, 2.05) is 20.8 Å². The predicted molar refractivity (Wildman–Crippen MR) is 82.5 cm³/mol. The van der Waals surface area contributed by atoms with Crippen LogP contribution in [-0.4, -0.2) is 42.1 Å². The zero-order chi connectivity index (χ0) is 15.6. The minimum atomic E-state index is -3.52. The van der Waals surface area contributed by atoms with Crippen molar-refractivity contribution >= 4 is 10.0 Å². The van der Waals surface area contributed by atoms with Gasteiger partial charge in [-0.3, -0.25) is 5.10 Å². The Morgan fingerprint density at radius 3 is 2.76 bits per heavy atom. The molecule has 1 aliphatic heterocycles. The summed E-state index contributed by atoms with van der Waals surface area (Å²) in [5.74, 6) is 0.577. The molecular formula is C14H26N4O2S. The number of aromatic nitrogens is 2. The molecule has 0 aromatic carbocycles. The lowest BCUT2D eigenvalue weighted by Gasteiger charge is -2.35. The van der Waals surface area contributed by atoms with Crippen LogP contribution in [-0.2, 0) is 16.6 Å². The first-order valence-electron chi connectivity index (χ1n) is 7.64. The normalized spacial score (nSPS) is 24.4. The number of sulfonamides is 1. The van der Waals surface area contributed by atoms with Gasteiger partial charge in [-0.05, 0) is 39.2 Å². The van der Waals surface area contributed by atoms with Gasteiger partial charge in [-0.2, -0.15) is 9.40 Å². The Bertz CT molecular complexity index is 582. The highest BCUT2D eigenvalue weighted by Crippen LogP contribution is 2.29. The van der Waals surface area contributed by atoms with Gasteiger partial charge in [-0.1, -0.05) is 13.8 Å². The van der Waals surface area contributed by atoms with Crippen molar-refractivity contribution in [2.24, 2.45) is 5.92 Å². The van der Waals surface area contributed by atoms with E-state index >= 15 is 0 Å². The van der Waals surface area contributed by atoms with Crippen LogP contribution in [0.3, 0.4) is 0 Å². The maximum Gasteiger partial charge on any atom is 0.262 e. The summed E-state index contributed by atoms with van der Waals surface area (Å²) in [6.45, 7) is 9.91. The molecule has 1 fully saturated rings. The molecule has 0 saturated carbocycles. The molecule has 6 nitrogen and oxygen atoms in total. The van der Waals surface area contributed by atoms with Gasteiger partial charge >= 0.3 is 0 Å². The molecule has 0 aliphatic carbocycles. The van der Waals surface area contributed by atoms with Crippen molar-refractivity contribution < 1.29 is 8.42 Å². The lowest BCUT2D eigenvalue weighted by Crippen LogP contribution is -2.44. The molecule has 1 aliphatic rings. The summed E-state index contributed by atoms with van der Waals surface area (Å²) < 4.78 is 27.4. The number of nitrogens with one attached hydrogen (secondary N) is 2. The second-order valence-electron chi connectivity index (χ2n) is 6.01. The Kier molecular flexibility index (Phi) is 5.06. The Morgan fingerprint density at radius 1 is 1.43 bits per heavy atom. The van der Waals surface area contributed by atoms with E-state index in [1.165, 1.54) is 0 Å². The SMILES string of the molecule is CCNCc1c(S(=O)(=O)N2CCC(C)CC2C)n[nH]c1C. The maximum absolute atomic E-state index is 12.9. The standard InChI is InChI=1S/C14H26N4O2S/c1-5-15-9-13-12(4)16-17-14(13)21(19,20)18-7-6-10(2)8-11(18)3/h10-11,15H,5-9H2,1-4H3,(H,16,17). The Balaban J connectivity index is 2.31. The van der Waals surface area contributed by atoms with Gasteiger partial charge < -0.3 is 5.32 Å². The monoisotopic (exact) mass is 314 g/mol. The molecule has 1 aromatic rings. The fourth-order valence-corrected chi connectivity index (χ4v) is 4.78. The summed E-state index contributed by atoms with van der Waals surface area (Å²) in [7, 11) is -3.52. The van der Waals surface area contributed by atoms with Crippen molar-refractivity contribution in [2.75, 3.05) is 13.1 Å². The largest absolute Gasteiger partial charge is 0.313 e. The molecule has 7 heteroatoms. The van der Waals surface area contributed by atoms with E-state index in [0.717, 1.165) is 30.6 Å². The predicted octanol–water partition coefficient (Wildman–Crippen LogP) is 1.64. The third-order valence-electron chi connectivity index (χ3n) is 4.22. The van der Waals surface area contributed by atoms with Crippen molar-refractivity contribution in [3.8, 4) is 0 Å². The van der Waals surface area contributed by atoms with E-state index in [4.69, 9.17) is 0 Å². The zero-order valence-electron chi connectivity index (χ0n) is 13.3. The van der Waals surface area contributed by atoms with Gasteiger partial charge in [0.15, 0.2) is 5.03 Å². The molecule has 2 heterocycles. The van der Waals surface area contributed by atoms with Crippen LogP contribution in [0.4, 0.5) is 0 Å². The fraction of sp³-hybridized carbons (Fsp3) is 0.786. The maximum atomic E-state index is 12.9. The highest BCUT2D eigenvalue weighted by Gasteiger charge is 2.36. The van der Waals surface area contributed by atoms with Crippen LogP contribution in [0.1, 0.15) is 44.9 Å². The summed E-state index contributed by atoms with van der Waals surface area (Å²) in [6, 6.07) is 0.0303. The zero-order valence-corrected chi connectivity index (χ0v) is 14.1. The summed E-state index contributed by atoms with van der Waals surface area (Å²) in [6.07, 6.45) is 1.82. The smallest absolute Gasteiger partial charge is 0.262 e. The van der Waals surface area contributed by atoms with E-state index in [1.54, 1.807) is 4.31 Å². The first-order valence-corrected chi connectivity index (χ1v) is 9.08. The lowest BCUT2D eigenvalue weighted by atomic mass is 9.95. The molecule has 1 saturated heterocycles. The van der Waals surface area contributed by atoms with Crippen LogP contribution in [0.15, 0.2) is 5.03 Å². The second kappa shape index (κ2) is 6.46. The molecule has 2 N–H and O–H groups in total. The Morgan fingerprint density at radius 2 is 2.14 bits per heavy atom. The van der Waals surface area contributed by atoms with E-state index in [2.05, 4.69) is 22.4 Å². The lowest BCUT2D eigenvalue weighted by molar-refractivity contribution is 0.219. The molecule has 120 valence electrons. The summed E-state index contributed by atoms with van der Waals surface area (Å²) in [4.78, 5) is 0. The van der Waals surface area contributed by atoms with Crippen LogP contribution in [0.5, 0.6) is 0 Å². The van der Waals surface area contributed by atoms with Crippen molar-refractivity contribution in [1.82, 2.24) is 19.8 Å². The molecule has 1 aromatic heterocycles. The Hall–Kier alpha value is -0.920. The van der Waals surface area contributed by atoms with Crippen molar-refractivity contribution in [2.45, 2.75) is 58.1 Å². The van der Waals surface area contributed by atoms with Gasteiger partial charge in [0.1, 0.15) is 0 Å². The van der Waals surface area contributed by atoms with Gasteiger partial charge in [-0.25, -0.2) is 8.42 Å². The van der Waals surface area contributed by atoms with Gasteiger partial charge in [-0.15, -0.1) is 0 Å². The van der Waals surface area contributed by atoms with Crippen molar-refractivity contribution in [3.05, 3.63) is 11.3 Å². The first kappa shape index (κ1) is 16.5. The quantitative estimate of drug-likeness (QED) is 0.866. The van der Waals surface area contributed by atoms with E-state index in [0.29, 0.717) is 19.0 Å². The summed E-state index contributed by atoms with van der Waals surface area (Å²) >= 11 is 0. The van der Waals surface area contributed by atoms with E-state index in [-0.39, 0.29) is 11.1 Å². The number of piperidine rings is 1. The number of nitrogens with zero attached hydrogens (tertiary/aromatic N) is 2. The number of hydrogen-bond donors (Lipinski definition) is 2. The van der Waals surface area contributed by atoms with Crippen LogP contribution in [0, 0.1) is 12.8 Å². The molecular weight excluding hydrogens is 288 g/mol. The molecule has 2 unspecified atom stereocenters. The van der Waals surface area contributed by atoms with Gasteiger partial charge in [0.25, 0.3) is 10.0 Å². The minimum absolute atomic E-state index is 0.0303. The number of H-pyrrole nitrogens is 1. The van der Waals surface area contributed by atoms with Gasteiger partial charge in [0, 0.05) is 30.4 Å². The summed E-state index contributed by atoms with van der Waals surface area (Å²) in [5.41, 5.74) is 1.57. The minimum Gasteiger partial charge on any atom is -0.313 e. The molecule has 2 atom stereocenters. The van der Waals surface area contributed by atoms with Crippen LogP contribution >= 0.6 is 0 Å². The van der Waals surface area contributed by atoms with Gasteiger partial charge in [0.2, 0.25) is 0 Å². The Labute approximate surface area is 127 Å². The highest BCUT2D eigenvalue weighted by molar-refractivity contribution is 7.89. The molecule has 21 heavy (non-hydrogen) atoms. The third kappa shape index (κ3) is 3.30. The number of aryl methyl sites for hydroxylation is 1. The van der Waals surface area contributed by atoms with Crippen LogP contribution in [0.2, 0.25) is 0 Å². The second-order valence-corrected chi connectivity index (χ2v) is 7.81. The van der Waals surface area contributed by atoms with Crippen LogP contribution in [0.25, 0.3) is 0 Å². The number of aromatic amines is 1. The van der Waals surface area contributed by atoms with E-state index in [9.17, 15) is 8.42 Å². The number of rotatable bonds is 5. The highest BCUT2D eigenvalue weighted by atomic mass is 32.2. The molecule has 2 rings (SSSR count).